The highest BCUT2D eigenvalue weighted by atomic mass is 16.5. The van der Waals surface area contributed by atoms with E-state index in [2.05, 4.69) is 4.98 Å². The highest BCUT2D eigenvalue weighted by molar-refractivity contribution is 6.03. The minimum absolute atomic E-state index is 0.294. The number of methoxy groups -OCH3 is 1. The molecule has 20 heavy (non-hydrogen) atoms. The number of carbonyl (C=O) groups is 1. The Labute approximate surface area is 118 Å². The van der Waals surface area contributed by atoms with Gasteiger partial charge in [0.2, 0.25) is 0 Å². The standard InChI is InChI=1S/C16H19NO3/c1-10-8-13(15(18)19-5)12-9-11(20-16(2,3)4)6-7-14(12)17-10/h6-9H,1-5H3. The van der Waals surface area contributed by atoms with Gasteiger partial charge in [-0.05, 0) is 52.0 Å². The SMILES string of the molecule is COC(=O)c1cc(C)nc2ccc(OC(C)(C)C)cc12. The first-order valence-corrected chi connectivity index (χ1v) is 6.49. The van der Waals surface area contributed by atoms with E-state index < -0.39 is 0 Å². The monoisotopic (exact) mass is 273 g/mol. The highest BCUT2D eigenvalue weighted by Gasteiger charge is 2.16. The van der Waals surface area contributed by atoms with Crippen LogP contribution in [0.2, 0.25) is 0 Å². The molecule has 4 heteroatoms. The molecule has 0 saturated carbocycles. The Balaban J connectivity index is 2.60. The summed E-state index contributed by atoms with van der Waals surface area (Å²) in [6, 6.07) is 7.28. The Morgan fingerprint density at radius 1 is 1.20 bits per heavy atom. The van der Waals surface area contributed by atoms with E-state index in [0.717, 1.165) is 16.6 Å². The van der Waals surface area contributed by atoms with Gasteiger partial charge in [-0.15, -0.1) is 0 Å². The summed E-state index contributed by atoms with van der Waals surface area (Å²) < 4.78 is 10.7. The molecular formula is C16H19NO3. The van der Waals surface area contributed by atoms with Crippen LogP contribution in [0.1, 0.15) is 36.8 Å². The molecule has 0 amide bonds. The van der Waals surface area contributed by atoms with Gasteiger partial charge in [-0.2, -0.15) is 0 Å². The Bertz CT molecular complexity index is 657. The molecule has 0 unspecified atom stereocenters. The van der Waals surface area contributed by atoms with Gasteiger partial charge in [-0.3, -0.25) is 4.98 Å². The topological polar surface area (TPSA) is 48.4 Å². The van der Waals surface area contributed by atoms with Crippen LogP contribution in [0.5, 0.6) is 5.75 Å². The fourth-order valence-electron chi connectivity index (χ4n) is 2.03. The van der Waals surface area contributed by atoms with E-state index in [-0.39, 0.29) is 11.6 Å². The van der Waals surface area contributed by atoms with Gasteiger partial charge in [0.1, 0.15) is 11.4 Å². The molecular weight excluding hydrogens is 254 g/mol. The maximum Gasteiger partial charge on any atom is 0.338 e. The molecule has 106 valence electrons. The van der Waals surface area contributed by atoms with Crippen molar-refractivity contribution < 1.29 is 14.3 Å². The molecule has 1 heterocycles. The Morgan fingerprint density at radius 2 is 1.90 bits per heavy atom. The lowest BCUT2D eigenvalue weighted by Gasteiger charge is -2.21. The molecule has 0 saturated heterocycles. The molecule has 0 atom stereocenters. The third-order valence-electron chi connectivity index (χ3n) is 2.74. The van der Waals surface area contributed by atoms with Crippen LogP contribution in [0, 0.1) is 6.92 Å². The lowest BCUT2D eigenvalue weighted by atomic mass is 10.1. The second-order valence-corrected chi connectivity index (χ2v) is 5.70. The fraction of sp³-hybridized carbons (Fsp3) is 0.375. The Morgan fingerprint density at radius 3 is 2.50 bits per heavy atom. The average molecular weight is 273 g/mol. The molecule has 2 aromatic rings. The number of hydrogen-bond donors (Lipinski definition) is 0. The predicted octanol–water partition coefficient (Wildman–Crippen LogP) is 3.51. The number of ether oxygens (including phenoxy) is 2. The first kappa shape index (κ1) is 14.3. The van der Waals surface area contributed by atoms with E-state index in [1.807, 2.05) is 45.9 Å². The average Bonchev–Trinajstić information content (AvgIpc) is 2.35. The summed E-state index contributed by atoms with van der Waals surface area (Å²) in [5, 5.41) is 0.740. The van der Waals surface area contributed by atoms with E-state index in [0.29, 0.717) is 11.3 Å². The van der Waals surface area contributed by atoms with Crippen LogP contribution in [-0.4, -0.2) is 23.7 Å². The minimum Gasteiger partial charge on any atom is -0.488 e. The normalized spacial score (nSPS) is 11.4. The minimum atomic E-state index is -0.367. The molecule has 0 radical (unpaired) electrons. The quantitative estimate of drug-likeness (QED) is 0.786. The number of carbonyl (C=O) groups excluding carboxylic acids is 1. The largest absolute Gasteiger partial charge is 0.488 e. The van der Waals surface area contributed by atoms with Crippen LogP contribution >= 0.6 is 0 Å². The van der Waals surface area contributed by atoms with Crippen molar-refractivity contribution in [3.63, 3.8) is 0 Å². The van der Waals surface area contributed by atoms with Crippen molar-refractivity contribution in [2.45, 2.75) is 33.3 Å². The van der Waals surface area contributed by atoms with Gasteiger partial charge in [0.15, 0.2) is 0 Å². The molecule has 0 aliphatic rings. The molecule has 2 rings (SSSR count). The number of rotatable bonds is 2. The summed E-state index contributed by atoms with van der Waals surface area (Å²) >= 11 is 0. The molecule has 0 aliphatic carbocycles. The molecule has 0 aliphatic heterocycles. The summed E-state index contributed by atoms with van der Waals surface area (Å²) in [6.07, 6.45) is 0. The third kappa shape index (κ3) is 3.07. The zero-order chi connectivity index (χ0) is 14.9. The number of aryl methyl sites for hydroxylation is 1. The van der Waals surface area contributed by atoms with Crippen LogP contribution < -0.4 is 4.74 Å². The van der Waals surface area contributed by atoms with E-state index in [9.17, 15) is 4.79 Å². The number of aromatic nitrogens is 1. The zero-order valence-electron chi connectivity index (χ0n) is 12.5. The van der Waals surface area contributed by atoms with Crippen molar-refractivity contribution in [2.75, 3.05) is 7.11 Å². The summed E-state index contributed by atoms with van der Waals surface area (Å²) in [4.78, 5) is 16.3. The Kier molecular flexibility index (Phi) is 3.66. The van der Waals surface area contributed by atoms with Crippen LogP contribution in [0.4, 0.5) is 0 Å². The highest BCUT2D eigenvalue weighted by Crippen LogP contribution is 2.26. The van der Waals surface area contributed by atoms with Gasteiger partial charge in [0.05, 0.1) is 18.2 Å². The first-order chi connectivity index (χ1) is 9.30. The first-order valence-electron chi connectivity index (χ1n) is 6.49. The summed E-state index contributed by atoms with van der Waals surface area (Å²) in [7, 11) is 1.37. The smallest absolute Gasteiger partial charge is 0.338 e. The van der Waals surface area contributed by atoms with Crippen molar-refractivity contribution in [2.24, 2.45) is 0 Å². The summed E-state index contributed by atoms with van der Waals surface area (Å²) in [5.74, 6) is 0.342. The second-order valence-electron chi connectivity index (χ2n) is 5.70. The number of hydrogen-bond acceptors (Lipinski definition) is 4. The molecule has 1 aromatic carbocycles. The number of nitrogens with zero attached hydrogens (tertiary/aromatic N) is 1. The van der Waals surface area contributed by atoms with Gasteiger partial charge in [0.25, 0.3) is 0 Å². The fourth-order valence-corrected chi connectivity index (χ4v) is 2.03. The van der Waals surface area contributed by atoms with Gasteiger partial charge in [-0.25, -0.2) is 4.79 Å². The number of fused-ring (bicyclic) bond motifs is 1. The van der Waals surface area contributed by atoms with Gasteiger partial charge >= 0.3 is 5.97 Å². The number of esters is 1. The van der Waals surface area contributed by atoms with Crippen LogP contribution in [0.25, 0.3) is 10.9 Å². The van der Waals surface area contributed by atoms with Crippen LogP contribution in [0.3, 0.4) is 0 Å². The van der Waals surface area contributed by atoms with Gasteiger partial charge in [0, 0.05) is 11.1 Å². The zero-order valence-corrected chi connectivity index (χ0v) is 12.5. The lowest BCUT2D eigenvalue weighted by Crippen LogP contribution is -2.22. The van der Waals surface area contributed by atoms with Gasteiger partial charge in [-0.1, -0.05) is 0 Å². The third-order valence-corrected chi connectivity index (χ3v) is 2.74. The van der Waals surface area contributed by atoms with E-state index in [1.165, 1.54) is 7.11 Å². The lowest BCUT2D eigenvalue weighted by molar-refractivity contribution is 0.0603. The van der Waals surface area contributed by atoms with Crippen molar-refractivity contribution >= 4 is 16.9 Å². The molecule has 0 spiro atoms. The molecule has 1 aromatic heterocycles. The molecule has 0 fully saturated rings. The molecule has 0 N–H and O–H groups in total. The van der Waals surface area contributed by atoms with Crippen molar-refractivity contribution in [3.8, 4) is 5.75 Å². The number of pyridine rings is 1. The maximum absolute atomic E-state index is 11.9. The molecule has 0 bridgehead atoms. The van der Waals surface area contributed by atoms with Gasteiger partial charge < -0.3 is 9.47 Å². The second kappa shape index (κ2) is 5.12. The van der Waals surface area contributed by atoms with Crippen molar-refractivity contribution in [1.29, 1.82) is 0 Å². The van der Waals surface area contributed by atoms with Crippen LogP contribution in [-0.2, 0) is 4.74 Å². The summed E-state index contributed by atoms with van der Waals surface area (Å²) in [5.41, 5.74) is 1.75. The van der Waals surface area contributed by atoms with Crippen molar-refractivity contribution in [3.05, 3.63) is 35.5 Å². The number of benzene rings is 1. The Hall–Kier alpha value is -2.10. The van der Waals surface area contributed by atoms with E-state index in [1.54, 1.807) is 6.07 Å². The maximum atomic E-state index is 11.9. The van der Waals surface area contributed by atoms with E-state index >= 15 is 0 Å². The van der Waals surface area contributed by atoms with Crippen molar-refractivity contribution in [1.82, 2.24) is 4.98 Å². The molecule has 4 nitrogen and oxygen atoms in total. The summed E-state index contributed by atoms with van der Waals surface area (Å²) in [6.45, 7) is 7.79. The van der Waals surface area contributed by atoms with Crippen LogP contribution in [0.15, 0.2) is 24.3 Å². The van der Waals surface area contributed by atoms with E-state index in [4.69, 9.17) is 9.47 Å². The predicted molar refractivity (Wildman–Crippen MR) is 78.2 cm³/mol.